The summed E-state index contributed by atoms with van der Waals surface area (Å²) >= 11 is 0. The average molecular weight is 381 g/mol. The van der Waals surface area contributed by atoms with E-state index in [4.69, 9.17) is 14.2 Å². The molecule has 0 N–H and O–H groups in total. The van der Waals surface area contributed by atoms with Crippen LogP contribution in [0.1, 0.15) is 50.7 Å². The highest BCUT2D eigenvalue weighted by Crippen LogP contribution is 2.53. The van der Waals surface area contributed by atoms with E-state index in [-0.39, 0.29) is 11.0 Å². The van der Waals surface area contributed by atoms with Gasteiger partial charge in [0.15, 0.2) is 0 Å². The van der Waals surface area contributed by atoms with Gasteiger partial charge in [0.2, 0.25) is 0 Å². The van der Waals surface area contributed by atoms with Crippen molar-refractivity contribution in [1.29, 1.82) is 0 Å². The van der Waals surface area contributed by atoms with Crippen LogP contribution in [0, 0.1) is 18.3 Å². The predicted octanol–water partition coefficient (Wildman–Crippen LogP) is 5.45. The zero-order chi connectivity index (χ0) is 19.4. The standard InChI is InChI=1S/C25H32O3/c1-4-24(14-26-15-24)16-27-21-8-17(3)22-10-18(6-7-19(22)11-21)9-20-12-25(5-2)13-23(20)28-25/h6-8,10-11,20,23H,4-5,9,12-16H2,1-3H3. The highest BCUT2D eigenvalue weighted by atomic mass is 16.5. The van der Waals surface area contributed by atoms with Crippen molar-refractivity contribution in [1.82, 2.24) is 0 Å². The summed E-state index contributed by atoms with van der Waals surface area (Å²) in [5, 5.41) is 2.62. The van der Waals surface area contributed by atoms with Gasteiger partial charge in [-0.05, 0) is 72.6 Å². The Balaban J connectivity index is 1.31. The van der Waals surface area contributed by atoms with E-state index in [1.54, 1.807) is 0 Å². The summed E-state index contributed by atoms with van der Waals surface area (Å²) in [4.78, 5) is 0. The SMILES string of the molecule is CCC1(COc2cc(C)c3cc(CC4CC5(CC)CC4O5)ccc3c2)COC1. The van der Waals surface area contributed by atoms with Crippen LogP contribution in [0.15, 0.2) is 30.3 Å². The Morgan fingerprint density at radius 2 is 1.89 bits per heavy atom. The zero-order valence-corrected chi connectivity index (χ0v) is 17.4. The molecule has 3 heterocycles. The molecule has 1 saturated carbocycles. The number of aryl methyl sites for hydroxylation is 1. The molecule has 0 aromatic heterocycles. The number of ether oxygens (including phenoxy) is 3. The molecule has 2 bridgehead atoms. The van der Waals surface area contributed by atoms with Crippen LogP contribution in [0.3, 0.4) is 0 Å². The maximum absolute atomic E-state index is 6.18. The molecule has 150 valence electrons. The third-order valence-corrected chi connectivity index (χ3v) is 7.59. The van der Waals surface area contributed by atoms with Crippen LogP contribution < -0.4 is 4.74 Å². The minimum absolute atomic E-state index is 0.215. The quantitative estimate of drug-likeness (QED) is 0.639. The second-order valence-corrected chi connectivity index (χ2v) is 9.50. The van der Waals surface area contributed by atoms with Crippen LogP contribution in [0.4, 0.5) is 0 Å². The van der Waals surface area contributed by atoms with E-state index in [0.717, 1.165) is 44.8 Å². The van der Waals surface area contributed by atoms with E-state index in [1.165, 1.54) is 34.7 Å². The van der Waals surface area contributed by atoms with Gasteiger partial charge in [-0.25, -0.2) is 0 Å². The molecule has 3 aliphatic heterocycles. The molecule has 3 atom stereocenters. The first-order valence-electron chi connectivity index (χ1n) is 11.0. The second-order valence-electron chi connectivity index (χ2n) is 9.50. The van der Waals surface area contributed by atoms with Gasteiger partial charge < -0.3 is 14.2 Å². The zero-order valence-electron chi connectivity index (χ0n) is 17.4. The van der Waals surface area contributed by atoms with E-state index < -0.39 is 0 Å². The van der Waals surface area contributed by atoms with Gasteiger partial charge in [-0.3, -0.25) is 0 Å². The van der Waals surface area contributed by atoms with Crippen LogP contribution in [-0.2, 0) is 15.9 Å². The summed E-state index contributed by atoms with van der Waals surface area (Å²) in [6.45, 7) is 9.07. The first kappa shape index (κ1) is 18.4. The molecule has 0 radical (unpaired) electrons. The Morgan fingerprint density at radius 3 is 2.54 bits per heavy atom. The van der Waals surface area contributed by atoms with Crippen molar-refractivity contribution >= 4 is 10.8 Å². The lowest BCUT2D eigenvalue weighted by Gasteiger charge is -2.40. The molecule has 4 fully saturated rings. The van der Waals surface area contributed by atoms with E-state index in [1.807, 2.05) is 0 Å². The second kappa shape index (κ2) is 6.74. The van der Waals surface area contributed by atoms with Crippen molar-refractivity contribution < 1.29 is 14.2 Å². The van der Waals surface area contributed by atoms with Gasteiger partial charge in [-0.1, -0.05) is 32.0 Å². The maximum Gasteiger partial charge on any atom is 0.120 e. The highest BCUT2D eigenvalue weighted by molar-refractivity contribution is 5.87. The van der Waals surface area contributed by atoms with Crippen LogP contribution in [-0.4, -0.2) is 31.5 Å². The van der Waals surface area contributed by atoms with Gasteiger partial charge in [0.05, 0.1) is 36.9 Å². The molecule has 2 aromatic rings. The van der Waals surface area contributed by atoms with E-state index >= 15 is 0 Å². The lowest BCUT2D eigenvalue weighted by molar-refractivity contribution is -0.157. The van der Waals surface area contributed by atoms with Crippen molar-refractivity contribution in [3.63, 3.8) is 0 Å². The smallest absolute Gasteiger partial charge is 0.120 e. The molecule has 3 unspecified atom stereocenters. The van der Waals surface area contributed by atoms with Gasteiger partial charge in [0.25, 0.3) is 0 Å². The Labute approximate surface area is 168 Å². The van der Waals surface area contributed by atoms with Gasteiger partial charge in [0.1, 0.15) is 5.75 Å². The lowest BCUT2D eigenvalue weighted by Crippen LogP contribution is -2.46. The van der Waals surface area contributed by atoms with Crippen LogP contribution in [0.25, 0.3) is 10.8 Å². The molecule has 3 nitrogen and oxygen atoms in total. The predicted molar refractivity (Wildman–Crippen MR) is 112 cm³/mol. The number of fused-ring (bicyclic) bond motifs is 2. The third-order valence-electron chi connectivity index (χ3n) is 7.59. The summed E-state index contributed by atoms with van der Waals surface area (Å²) < 4.78 is 17.7. The summed E-state index contributed by atoms with van der Waals surface area (Å²) in [7, 11) is 0. The first-order chi connectivity index (χ1) is 13.5. The Morgan fingerprint density at radius 1 is 1.07 bits per heavy atom. The van der Waals surface area contributed by atoms with Crippen LogP contribution in [0.5, 0.6) is 5.75 Å². The number of rotatable bonds is 7. The first-order valence-corrected chi connectivity index (χ1v) is 11.0. The van der Waals surface area contributed by atoms with Crippen LogP contribution >= 0.6 is 0 Å². The maximum atomic E-state index is 6.18. The molecule has 4 aliphatic rings. The third kappa shape index (κ3) is 3.04. The number of hydrogen-bond donors (Lipinski definition) is 0. The fourth-order valence-electron chi connectivity index (χ4n) is 5.34. The van der Waals surface area contributed by atoms with E-state index in [9.17, 15) is 0 Å². The fraction of sp³-hybridized carbons (Fsp3) is 0.600. The number of benzene rings is 2. The van der Waals surface area contributed by atoms with Crippen molar-refractivity contribution in [3.05, 3.63) is 41.5 Å². The molecular weight excluding hydrogens is 348 g/mol. The van der Waals surface area contributed by atoms with Crippen molar-refractivity contribution in [3.8, 4) is 5.75 Å². The topological polar surface area (TPSA) is 27.7 Å². The summed E-state index contributed by atoms with van der Waals surface area (Å²) in [6.07, 6.45) is 6.40. The molecule has 0 amide bonds. The Kier molecular flexibility index (Phi) is 4.44. The molecule has 1 aliphatic carbocycles. The molecule has 3 saturated heterocycles. The van der Waals surface area contributed by atoms with E-state index in [2.05, 4.69) is 51.1 Å². The van der Waals surface area contributed by atoms with Gasteiger partial charge in [-0.2, -0.15) is 0 Å². The van der Waals surface area contributed by atoms with Crippen molar-refractivity contribution in [2.75, 3.05) is 19.8 Å². The van der Waals surface area contributed by atoms with Crippen molar-refractivity contribution in [2.24, 2.45) is 11.3 Å². The molecule has 6 rings (SSSR count). The minimum atomic E-state index is 0.215. The Hall–Kier alpha value is -1.58. The normalized spacial score (nSPS) is 30.1. The Bertz CT molecular complexity index is 871. The lowest BCUT2D eigenvalue weighted by atomic mass is 9.84. The average Bonchev–Trinajstić information content (AvgIpc) is 3.16. The number of hydrogen-bond acceptors (Lipinski definition) is 3. The summed E-state index contributed by atoms with van der Waals surface area (Å²) in [5.74, 6) is 1.67. The molecule has 28 heavy (non-hydrogen) atoms. The van der Waals surface area contributed by atoms with Gasteiger partial charge in [-0.15, -0.1) is 0 Å². The van der Waals surface area contributed by atoms with Gasteiger partial charge >= 0.3 is 0 Å². The molecular formula is C25H32O3. The van der Waals surface area contributed by atoms with E-state index in [0.29, 0.717) is 12.0 Å². The molecule has 0 spiro atoms. The largest absolute Gasteiger partial charge is 0.493 e. The summed E-state index contributed by atoms with van der Waals surface area (Å²) in [5.41, 5.74) is 3.16. The highest BCUT2D eigenvalue weighted by Gasteiger charge is 2.56. The molecule has 3 heteroatoms. The summed E-state index contributed by atoms with van der Waals surface area (Å²) in [6, 6.07) is 11.3. The minimum Gasteiger partial charge on any atom is -0.493 e. The van der Waals surface area contributed by atoms with Crippen LogP contribution in [0.2, 0.25) is 0 Å². The van der Waals surface area contributed by atoms with Gasteiger partial charge in [0, 0.05) is 6.42 Å². The van der Waals surface area contributed by atoms with Crippen molar-refractivity contribution in [2.45, 2.75) is 64.6 Å². The monoisotopic (exact) mass is 380 g/mol. The molecule has 2 aromatic carbocycles. The fourth-order valence-corrected chi connectivity index (χ4v) is 5.34.